The Bertz CT molecular complexity index is 965. The Kier molecular flexibility index (Phi) is 4.05. The molecule has 0 atom stereocenters. The van der Waals surface area contributed by atoms with Gasteiger partial charge in [-0.15, -0.1) is 0 Å². The number of likely N-dealkylation sites (tertiary alicyclic amines) is 1. The number of nitrogens with one attached hydrogen (secondary N) is 2. The molecule has 1 aliphatic heterocycles. The molecule has 1 aliphatic rings. The van der Waals surface area contributed by atoms with Crippen molar-refractivity contribution in [3.05, 3.63) is 60.2 Å². The molecule has 0 aliphatic carbocycles. The maximum atomic E-state index is 12.6. The maximum Gasteiger partial charge on any atom is 0.323 e. The van der Waals surface area contributed by atoms with Crippen LogP contribution in [-0.4, -0.2) is 34.2 Å². The lowest BCUT2D eigenvalue weighted by Gasteiger charge is -2.37. The zero-order valence-electron chi connectivity index (χ0n) is 14.3. The third-order valence-corrected chi connectivity index (χ3v) is 5.14. The number of benzene rings is 2. The second-order valence-electron chi connectivity index (χ2n) is 6.59. The minimum Gasteiger partial charge on any atom is -0.324 e. The highest BCUT2D eigenvalue weighted by Gasteiger charge is 2.37. The molecule has 26 heavy (non-hydrogen) atoms. The monoisotopic (exact) mass is 345 g/mol. The van der Waals surface area contributed by atoms with Gasteiger partial charge in [-0.25, -0.2) is 4.79 Å². The van der Waals surface area contributed by atoms with Crippen molar-refractivity contribution in [1.82, 2.24) is 15.1 Å². The lowest BCUT2D eigenvalue weighted by atomic mass is 9.74. The van der Waals surface area contributed by atoms with E-state index >= 15 is 0 Å². The number of carbonyl (C=O) groups excluding carboxylic acids is 1. The molecule has 1 saturated heterocycles. The summed E-state index contributed by atoms with van der Waals surface area (Å²) >= 11 is 0. The average Bonchev–Trinajstić information content (AvgIpc) is 3.11. The molecule has 2 aromatic carbocycles. The summed E-state index contributed by atoms with van der Waals surface area (Å²) in [6.07, 6.45) is 1.25. The van der Waals surface area contributed by atoms with Crippen LogP contribution >= 0.6 is 0 Å². The molecule has 0 spiro atoms. The van der Waals surface area contributed by atoms with Gasteiger partial charge in [0.1, 0.15) is 0 Å². The summed E-state index contributed by atoms with van der Waals surface area (Å²) in [5.74, 6) is 0.533. The molecule has 3 aromatic rings. The van der Waals surface area contributed by atoms with Crippen LogP contribution in [0.15, 0.2) is 54.6 Å². The first-order valence-electron chi connectivity index (χ1n) is 8.68. The van der Waals surface area contributed by atoms with Gasteiger partial charge in [0.05, 0.1) is 17.0 Å². The molecule has 0 bridgehead atoms. The second-order valence-corrected chi connectivity index (χ2v) is 6.59. The average molecular weight is 345 g/mol. The normalized spacial score (nSPS) is 16.2. The van der Waals surface area contributed by atoms with Crippen LogP contribution in [0.4, 0.5) is 10.6 Å². The van der Waals surface area contributed by atoms with Crippen LogP contribution in [0.3, 0.4) is 0 Å². The molecule has 0 saturated carbocycles. The van der Waals surface area contributed by atoms with Crippen molar-refractivity contribution >= 4 is 22.8 Å². The molecule has 2 amide bonds. The number of aromatic nitrogens is 2. The molecule has 0 radical (unpaired) electrons. The van der Waals surface area contributed by atoms with Crippen molar-refractivity contribution in [3.63, 3.8) is 0 Å². The molecular formula is C20H19N5O. The fourth-order valence-electron chi connectivity index (χ4n) is 3.55. The fraction of sp³-hybridized carbons (Fsp3) is 0.250. The summed E-state index contributed by atoms with van der Waals surface area (Å²) in [5.41, 5.74) is 1.40. The minimum absolute atomic E-state index is 0.179. The molecule has 1 aromatic heterocycles. The first-order chi connectivity index (χ1) is 12.7. The van der Waals surface area contributed by atoms with E-state index in [2.05, 4.69) is 21.6 Å². The van der Waals surface area contributed by atoms with Gasteiger partial charge < -0.3 is 4.90 Å². The van der Waals surface area contributed by atoms with Crippen LogP contribution in [-0.2, 0) is 5.41 Å². The van der Waals surface area contributed by atoms with Gasteiger partial charge in [-0.2, -0.15) is 10.4 Å². The summed E-state index contributed by atoms with van der Waals surface area (Å²) in [5, 5.41) is 20.6. The lowest BCUT2D eigenvalue weighted by molar-refractivity contribution is 0.183. The zero-order valence-corrected chi connectivity index (χ0v) is 14.3. The van der Waals surface area contributed by atoms with Gasteiger partial charge in [-0.3, -0.25) is 10.4 Å². The van der Waals surface area contributed by atoms with Crippen LogP contribution < -0.4 is 5.32 Å². The molecule has 6 heteroatoms. The Balaban J connectivity index is 1.46. The van der Waals surface area contributed by atoms with Gasteiger partial charge in [-0.1, -0.05) is 42.5 Å². The van der Waals surface area contributed by atoms with Gasteiger partial charge >= 0.3 is 6.03 Å². The van der Waals surface area contributed by atoms with Crippen LogP contribution in [0.5, 0.6) is 0 Å². The molecular weight excluding hydrogens is 326 g/mol. The number of rotatable bonds is 2. The van der Waals surface area contributed by atoms with Crippen LogP contribution in [0, 0.1) is 11.3 Å². The largest absolute Gasteiger partial charge is 0.324 e. The van der Waals surface area contributed by atoms with Gasteiger partial charge in [0.15, 0.2) is 5.82 Å². The third-order valence-electron chi connectivity index (χ3n) is 5.14. The van der Waals surface area contributed by atoms with E-state index < -0.39 is 5.41 Å². The van der Waals surface area contributed by atoms with Crippen molar-refractivity contribution in [3.8, 4) is 6.07 Å². The van der Waals surface area contributed by atoms with Crippen molar-refractivity contribution in [2.75, 3.05) is 18.4 Å². The highest BCUT2D eigenvalue weighted by molar-refractivity contribution is 5.98. The van der Waals surface area contributed by atoms with Crippen molar-refractivity contribution in [2.24, 2.45) is 0 Å². The van der Waals surface area contributed by atoms with Gasteiger partial charge in [-0.05, 0) is 30.5 Å². The lowest BCUT2D eigenvalue weighted by Crippen LogP contribution is -2.46. The number of hydrogen-bond acceptors (Lipinski definition) is 3. The Morgan fingerprint density at radius 3 is 2.54 bits per heavy atom. The van der Waals surface area contributed by atoms with Gasteiger partial charge in [0, 0.05) is 18.5 Å². The van der Waals surface area contributed by atoms with Crippen molar-refractivity contribution in [1.29, 1.82) is 5.26 Å². The third kappa shape index (κ3) is 2.78. The Hall–Kier alpha value is -3.33. The number of fused-ring (bicyclic) bond motifs is 1. The number of para-hydroxylation sites is 1. The Morgan fingerprint density at radius 1 is 1.12 bits per heavy atom. The molecule has 4 rings (SSSR count). The summed E-state index contributed by atoms with van der Waals surface area (Å²) in [6, 6.07) is 19.8. The first-order valence-corrected chi connectivity index (χ1v) is 8.68. The van der Waals surface area contributed by atoms with E-state index in [-0.39, 0.29) is 6.03 Å². The Labute approximate surface area is 151 Å². The van der Waals surface area contributed by atoms with Gasteiger partial charge in [0.25, 0.3) is 0 Å². The van der Waals surface area contributed by atoms with E-state index in [9.17, 15) is 10.1 Å². The number of hydrogen-bond donors (Lipinski definition) is 2. The smallest absolute Gasteiger partial charge is 0.323 e. The van der Waals surface area contributed by atoms with E-state index in [1.54, 1.807) is 4.90 Å². The second kappa shape index (κ2) is 6.52. The molecule has 2 N–H and O–H groups in total. The molecule has 2 heterocycles. The first kappa shape index (κ1) is 16.2. The van der Waals surface area contributed by atoms with Gasteiger partial charge in [0.2, 0.25) is 0 Å². The van der Waals surface area contributed by atoms with E-state index in [4.69, 9.17) is 0 Å². The van der Waals surface area contributed by atoms with Crippen molar-refractivity contribution < 1.29 is 4.79 Å². The highest BCUT2D eigenvalue weighted by Crippen LogP contribution is 2.35. The minimum atomic E-state index is -0.517. The predicted octanol–water partition coefficient (Wildman–Crippen LogP) is 3.65. The van der Waals surface area contributed by atoms with Crippen LogP contribution in [0.2, 0.25) is 0 Å². The van der Waals surface area contributed by atoms with E-state index in [1.165, 1.54) is 0 Å². The quantitative estimate of drug-likeness (QED) is 0.743. The number of piperidine rings is 1. The number of anilines is 1. The summed E-state index contributed by atoms with van der Waals surface area (Å²) in [4.78, 5) is 14.4. The fourth-order valence-corrected chi connectivity index (χ4v) is 3.55. The number of nitrogens with zero attached hydrogens (tertiary/aromatic N) is 3. The maximum absolute atomic E-state index is 12.6. The standard InChI is InChI=1S/C20H19N5O/c21-14-20(15-6-2-1-3-7-15)10-12-25(13-11-20)19(26)22-18-16-8-4-5-9-17(16)23-24-18/h1-9H,10-13H2,(H2,22,23,24,26). The van der Waals surface area contributed by atoms with E-state index in [1.807, 2.05) is 54.6 Å². The summed E-state index contributed by atoms with van der Waals surface area (Å²) in [7, 11) is 0. The van der Waals surface area contributed by atoms with Crippen LogP contribution in [0.25, 0.3) is 10.9 Å². The Morgan fingerprint density at radius 2 is 1.81 bits per heavy atom. The number of nitriles is 1. The molecule has 0 unspecified atom stereocenters. The van der Waals surface area contributed by atoms with Crippen LogP contribution in [0.1, 0.15) is 18.4 Å². The van der Waals surface area contributed by atoms with Crippen molar-refractivity contribution in [2.45, 2.75) is 18.3 Å². The molecule has 1 fully saturated rings. The molecule has 6 nitrogen and oxygen atoms in total. The number of aromatic amines is 1. The summed E-state index contributed by atoms with van der Waals surface area (Å²) < 4.78 is 0. The molecule has 130 valence electrons. The number of H-pyrrole nitrogens is 1. The van der Waals surface area contributed by atoms with E-state index in [0.29, 0.717) is 31.7 Å². The predicted molar refractivity (Wildman–Crippen MR) is 99.7 cm³/mol. The number of carbonyl (C=O) groups is 1. The zero-order chi connectivity index (χ0) is 18.0. The topological polar surface area (TPSA) is 84.8 Å². The SMILES string of the molecule is N#CC1(c2ccccc2)CCN(C(=O)Nc2n[nH]c3ccccc23)CC1. The summed E-state index contributed by atoms with van der Waals surface area (Å²) in [6.45, 7) is 1.08. The number of amides is 2. The number of urea groups is 1. The van der Waals surface area contributed by atoms with E-state index in [0.717, 1.165) is 16.5 Å². The highest BCUT2D eigenvalue weighted by atomic mass is 16.2.